The minimum atomic E-state index is -0.541. The lowest BCUT2D eigenvalue weighted by Crippen LogP contribution is -2.35. The zero-order chi connectivity index (χ0) is 17.8. The second-order valence-corrected chi connectivity index (χ2v) is 5.63. The van der Waals surface area contributed by atoms with E-state index in [2.05, 4.69) is 10.1 Å². The van der Waals surface area contributed by atoms with Crippen molar-refractivity contribution < 1.29 is 4.74 Å². The van der Waals surface area contributed by atoms with E-state index in [4.69, 9.17) is 10.5 Å². The SMILES string of the molecule is COc1ccc(Cc2nn(Cc3ccc(N)cc3)c(=O)[nH]c2=O)cc1. The van der Waals surface area contributed by atoms with E-state index in [0.29, 0.717) is 12.1 Å². The third-order valence-corrected chi connectivity index (χ3v) is 3.80. The van der Waals surface area contributed by atoms with Crippen molar-refractivity contribution in [1.82, 2.24) is 14.8 Å². The first-order valence-electron chi connectivity index (χ1n) is 7.73. The fourth-order valence-corrected chi connectivity index (χ4v) is 2.43. The van der Waals surface area contributed by atoms with Gasteiger partial charge >= 0.3 is 5.69 Å². The Labute approximate surface area is 143 Å². The summed E-state index contributed by atoms with van der Waals surface area (Å²) in [6.07, 6.45) is 0.321. The minimum absolute atomic E-state index is 0.255. The summed E-state index contributed by atoms with van der Waals surface area (Å²) in [6.45, 7) is 0.255. The van der Waals surface area contributed by atoms with Crippen LogP contribution in [0.4, 0.5) is 5.69 Å². The Kier molecular flexibility index (Phi) is 4.65. The molecule has 0 aliphatic rings. The molecule has 25 heavy (non-hydrogen) atoms. The number of rotatable bonds is 5. The van der Waals surface area contributed by atoms with Crippen LogP contribution in [0.5, 0.6) is 5.75 Å². The Bertz CT molecular complexity index is 973. The van der Waals surface area contributed by atoms with Gasteiger partial charge in [-0.05, 0) is 35.4 Å². The Morgan fingerprint density at radius 1 is 1.04 bits per heavy atom. The molecular formula is C18H18N4O3. The van der Waals surface area contributed by atoms with E-state index >= 15 is 0 Å². The van der Waals surface area contributed by atoms with Gasteiger partial charge in [-0.3, -0.25) is 9.78 Å². The second kappa shape index (κ2) is 7.04. The number of ether oxygens (including phenoxy) is 1. The van der Waals surface area contributed by atoms with E-state index in [0.717, 1.165) is 16.9 Å². The van der Waals surface area contributed by atoms with Crippen LogP contribution in [0.15, 0.2) is 58.1 Å². The molecule has 3 aromatic rings. The van der Waals surface area contributed by atoms with E-state index in [1.54, 1.807) is 19.2 Å². The summed E-state index contributed by atoms with van der Waals surface area (Å²) in [7, 11) is 1.59. The molecule has 0 aliphatic carbocycles. The monoisotopic (exact) mass is 338 g/mol. The van der Waals surface area contributed by atoms with Crippen molar-refractivity contribution in [3.05, 3.63) is 86.2 Å². The second-order valence-electron chi connectivity index (χ2n) is 5.63. The smallest absolute Gasteiger partial charge is 0.345 e. The van der Waals surface area contributed by atoms with Gasteiger partial charge < -0.3 is 10.5 Å². The van der Waals surface area contributed by atoms with Crippen molar-refractivity contribution in [2.45, 2.75) is 13.0 Å². The highest BCUT2D eigenvalue weighted by Crippen LogP contribution is 2.12. The first-order chi connectivity index (χ1) is 12.0. The van der Waals surface area contributed by atoms with Crippen molar-refractivity contribution in [3.8, 4) is 5.75 Å². The third kappa shape index (κ3) is 3.95. The van der Waals surface area contributed by atoms with Crippen LogP contribution in [-0.4, -0.2) is 21.9 Å². The Morgan fingerprint density at radius 2 is 1.68 bits per heavy atom. The molecule has 3 rings (SSSR count). The maximum atomic E-state index is 12.0. The molecule has 0 amide bonds. The number of methoxy groups -OCH3 is 1. The zero-order valence-corrected chi connectivity index (χ0v) is 13.7. The van der Waals surface area contributed by atoms with E-state index in [-0.39, 0.29) is 12.2 Å². The van der Waals surface area contributed by atoms with E-state index in [1.165, 1.54) is 4.68 Å². The number of hydrogen-bond donors (Lipinski definition) is 2. The molecule has 7 nitrogen and oxygen atoms in total. The zero-order valence-electron chi connectivity index (χ0n) is 13.7. The fourth-order valence-electron chi connectivity index (χ4n) is 2.43. The van der Waals surface area contributed by atoms with E-state index in [1.807, 2.05) is 36.4 Å². The van der Waals surface area contributed by atoms with Crippen LogP contribution in [-0.2, 0) is 13.0 Å². The number of benzene rings is 2. The first kappa shape index (κ1) is 16.5. The van der Waals surface area contributed by atoms with Crippen LogP contribution in [0.2, 0.25) is 0 Å². The number of anilines is 1. The quantitative estimate of drug-likeness (QED) is 0.680. The van der Waals surface area contributed by atoms with Crippen molar-refractivity contribution in [1.29, 1.82) is 0 Å². The molecular weight excluding hydrogens is 320 g/mol. The molecule has 2 aromatic carbocycles. The lowest BCUT2D eigenvalue weighted by atomic mass is 10.1. The molecule has 0 saturated carbocycles. The minimum Gasteiger partial charge on any atom is -0.497 e. The van der Waals surface area contributed by atoms with E-state index in [9.17, 15) is 9.59 Å². The number of H-pyrrole nitrogens is 1. The number of nitrogens with two attached hydrogens (primary N) is 1. The molecule has 0 fully saturated rings. The number of nitrogen functional groups attached to an aromatic ring is 1. The fraction of sp³-hybridized carbons (Fsp3) is 0.167. The Morgan fingerprint density at radius 3 is 2.32 bits per heavy atom. The van der Waals surface area contributed by atoms with Crippen molar-refractivity contribution in [2.75, 3.05) is 12.8 Å². The summed E-state index contributed by atoms with van der Waals surface area (Å²) in [6, 6.07) is 14.5. The van der Waals surface area contributed by atoms with Crippen LogP contribution >= 0.6 is 0 Å². The van der Waals surface area contributed by atoms with Gasteiger partial charge in [0.2, 0.25) is 0 Å². The molecule has 0 unspecified atom stereocenters. The molecule has 7 heteroatoms. The van der Waals surface area contributed by atoms with Gasteiger partial charge in [-0.25, -0.2) is 9.48 Å². The molecule has 0 radical (unpaired) electrons. The van der Waals surface area contributed by atoms with Crippen LogP contribution in [0.25, 0.3) is 0 Å². The summed E-state index contributed by atoms with van der Waals surface area (Å²) in [4.78, 5) is 26.4. The van der Waals surface area contributed by atoms with Crippen LogP contribution < -0.4 is 21.7 Å². The lowest BCUT2D eigenvalue weighted by Gasteiger charge is -2.07. The molecule has 1 aromatic heterocycles. The normalized spacial score (nSPS) is 10.6. The Balaban J connectivity index is 1.88. The highest BCUT2D eigenvalue weighted by atomic mass is 16.5. The number of hydrogen-bond acceptors (Lipinski definition) is 5. The van der Waals surface area contributed by atoms with Gasteiger partial charge in [-0.15, -0.1) is 0 Å². The molecule has 0 spiro atoms. The average molecular weight is 338 g/mol. The molecule has 0 bridgehead atoms. The summed E-state index contributed by atoms with van der Waals surface area (Å²) < 4.78 is 6.36. The summed E-state index contributed by atoms with van der Waals surface area (Å²) in [5, 5.41) is 4.23. The molecule has 128 valence electrons. The van der Waals surface area contributed by atoms with Crippen molar-refractivity contribution in [2.24, 2.45) is 0 Å². The van der Waals surface area contributed by atoms with Crippen LogP contribution in [0.1, 0.15) is 16.8 Å². The van der Waals surface area contributed by atoms with Gasteiger partial charge in [0, 0.05) is 12.1 Å². The third-order valence-electron chi connectivity index (χ3n) is 3.80. The number of aromatic nitrogens is 3. The standard InChI is InChI=1S/C18H18N4O3/c1-25-15-8-4-12(5-9-15)10-16-17(23)20-18(24)22(21-16)11-13-2-6-14(19)7-3-13/h2-9H,10-11,19H2,1H3,(H,20,23,24). The molecule has 3 N–H and O–H groups in total. The maximum Gasteiger partial charge on any atom is 0.345 e. The van der Waals surface area contributed by atoms with Gasteiger partial charge in [0.25, 0.3) is 5.56 Å². The molecule has 0 aliphatic heterocycles. The van der Waals surface area contributed by atoms with Gasteiger partial charge in [0.15, 0.2) is 0 Å². The summed E-state index contributed by atoms with van der Waals surface area (Å²) >= 11 is 0. The van der Waals surface area contributed by atoms with Gasteiger partial charge in [-0.2, -0.15) is 5.10 Å². The van der Waals surface area contributed by atoms with Crippen LogP contribution in [0.3, 0.4) is 0 Å². The molecule has 1 heterocycles. The van der Waals surface area contributed by atoms with Gasteiger partial charge in [-0.1, -0.05) is 24.3 Å². The molecule has 0 saturated heterocycles. The molecule has 0 atom stereocenters. The topological polar surface area (TPSA) is 103 Å². The highest BCUT2D eigenvalue weighted by molar-refractivity contribution is 5.39. The number of nitrogens with zero attached hydrogens (tertiary/aromatic N) is 2. The van der Waals surface area contributed by atoms with Gasteiger partial charge in [0.1, 0.15) is 11.4 Å². The largest absolute Gasteiger partial charge is 0.497 e. The maximum absolute atomic E-state index is 12.0. The first-order valence-corrected chi connectivity index (χ1v) is 7.73. The summed E-state index contributed by atoms with van der Waals surface area (Å²) in [5.74, 6) is 0.735. The average Bonchev–Trinajstić information content (AvgIpc) is 2.61. The lowest BCUT2D eigenvalue weighted by molar-refractivity contribution is 0.414. The van der Waals surface area contributed by atoms with Crippen LogP contribution in [0, 0.1) is 0 Å². The van der Waals surface area contributed by atoms with E-state index < -0.39 is 11.2 Å². The highest BCUT2D eigenvalue weighted by Gasteiger charge is 2.09. The van der Waals surface area contributed by atoms with Crippen molar-refractivity contribution in [3.63, 3.8) is 0 Å². The van der Waals surface area contributed by atoms with Gasteiger partial charge in [0.05, 0.1) is 13.7 Å². The predicted octanol–water partition coefficient (Wildman–Crippen LogP) is 1.16. The van der Waals surface area contributed by atoms with Crippen molar-refractivity contribution >= 4 is 5.69 Å². The number of aromatic amines is 1. The number of nitrogens with one attached hydrogen (secondary N) is 1. The summed E-state index contributed by atoms with van der Waals surface area (Å²) in [5.41, 5.74) is 7.33. The predicted molar refractivity (Wildman–Crippen MR) is 94.9 cm³/mol. The Hall–Kier alpha value is -3.35.